The number of benzene rings is 2. The molecular formula is C22H23ClN2O3. The van der Waals surface area contributed by atoms with Gasteiger partial charge in [0.25, 0.3) is 5.91 Å². The highest BCUT2D eigenvalue weighted by Crippen LogP contribution is 2.46. The number of nitrogens with one attached hydrogen (secondary N) is 1. The molecule has 2 aromatic carbocycles. The average molecular weight is 399 g/mol. The number of hydrogen-bond acceptors (Lipinski definition) is 2. The molecule has 0 unspecified atom stereocenters. The van der Waals surface area contributed by atoms with Crippen LogP contribution in [0.25, 0.3) is 0 Å². The van der Waals surface area contributed by atoms with Crippen molar-refractivity contribution in [3.63, 3.8) is 0 Å². The standard InChI is InChI=1S/C22H23ClN2O3/c23-12-16-3-1-2-4-18(16)21(26)24-17-9-7-15(8-10-17)19-11-20(19)25(22(27)28)13-14-5-6-14/h1-4,7-10,14,19-20H,5-6,11-13H2,(H,24,26)(H,27,28)/t19-,20+/m0/s1. The summed E-state index contributed by atoms with van der Waals surface area (Å²) in [5, 5.41) is 12.4. The SMILES string of the molecule is O=C(Nc1ccc([C@@H]2C[C@H]2N(CC2CC2)C(=O)O)cc1)c1ccccc1CCl. The number of carbonyl (C=O) groups is 2. The maximum absolute atomic E-state index is 12.5. The fourth-order valence-corrected chi connectivity index (χ4v) is 3.92. The molecule has 4 rings (SSSR count). The van der Waals surface area contributed by atoms with Crippen molar-refractivity contribution in [1.29, 1.82) is 0 Å². The molecule has 0 heterocycles. The lowest BCUT2D eigenvalue weighted by Crippen LogP contribution is -2.34. The number of carboxylic acid groups (broad SMARTS) is 1. The smallest absolute Gasteiger partial charge is 0.407 e. The molecule has 2 saturated carbocycles. The van der Waals surface area contributed by atoms with Gasteiger partial charge < -0.3 is 15.3 Å². The van der Waals surface area contributed by atoms with Crippen LogP contribution in [0.15, 0.2) is 48.5 Å². The fraction of sp³-hybridized carbons (Fsp3) is 0.364. The van der Waals surface area contributed by atoms with Crippen LogP contribution in [0.3, 0.4) is 0 Å². The molecule has 0 radical (unpaired) electrons. The van der Waals surface area contributed by atoms with Gasteiger partial charge in [-0.2, -0.15) is 0 Å². The first-order valence-corrected chi connectivity index (χ1v) is 10.1. The fourth-order valence-electron chi connectivity index (χ4n) is 3.69. The molecule has 28 heavy (non-hydrogen) atoms. The predicted octanol–water partition coefficient (Wildman–Crippen LogP) is 4.92. The number of rotatable bonds is 7. The van der Waals surface area contributed by atoms with E-state index in [4.69, 9.17) is 11.6 Å². The number of alkyl halides is 1. The molecule has 5 nitrogen and oxygen atoms in total. The third kappa shape index (κ3) is 4.14. The molecule has 2 N–H and O–H groups in total. The van der Waals surface area contributed by atoms with E-state index >= 15 is 0 Å². The molecule has 2 aromatic rings. The quantitative estimate of drug-likeness (QED) is 0.650. The highest BCUT2D eigenvalue weighted by molar-refractivity contribution is 6.18. The lowest BCUT2D eigenvalue weighted by atomic mass is 10.1. The van der Waals surface area contributed by atoms with Gasteiger partial charge in [-0.1, -0.05) is 30.3 Å². The van der Waals surface area contributed by atoms with Crippen LogP contribution in [0, 0.1) is 5.92 Å². The zero-order valence-electron chi connectivity index (χ0n) is 15.5. The Morgan fingerprint density at radius 3 is 2.46 bits per heavy atom. The second kappa shape index (κ2) is 7.84. The highest BCUT2D eigenvalue weighted by atomic mass is 35.5. The maximum atomic E-state index is 12.5. The van der Waals surface area contributed by atoms with Gasteiger partial charge in [-0.25, -0.2) is 4.79 Å². The maximum Gasteiger partial charge on any atom is 0.407 e. The summed E-state index contributed by atoms with van der Waals surface area (Å²) in [7, 11) is 0. The van der Waals surface area contributed by atoms with Gasteiger partial charge in [0.15, 0.2) is 0 Å². The monoisotopic (exact) mass is 398 g/mol. The van der Waals surface area contributed by atoms with Gasteiger partial charge in [-0.3, -0.25) is 4.79 Å². The first kappa shape index (κ1) is 18.8. The van der Waals surface area contributed by atoms with E-state index in [0.29, 0.717) is 23.7 Å². The highest BCUT2D eigenvalue weighted by Gasteiger charge is 2.46. The summed E-state index contributed by atoms with van der Waals surface area (Å²) in [5.74, 6) is 0.893. The van der Waals surface area contributed by atoms with Gasteiger partial charge in [0.05, 0.1) is 0 Å². The summed E-state index contributed by atoms with van der Waals surface area (Å²) < 4.78 is 0. The molecule has 0 spiro atoms. The van der Waals surface area contributed by atoms with E-state index in [0.717, 1.165) is 30.4 Å². The number of carbonyl (C=O) groups excluding carboxylic acids is 1. The van der Waals surface area contributed by atoms with Crippen molar-refractivity contribution in [3.8, 4) is 0 Å². The largest absolute Gasteiger partial charge is 0.465 e. The summed E-state index contributed by atoms with van der Waals surface area (Å²) in [5.41, 5.74) is 3.19. The van der Waals surface area contributed by atoms with Crippen LogP contribution in [0.5, 0.6) is 0 Å². The first-order valence-electron chi connectivity index (χ1n) is 9.61. The Bertz CT molecular complexity index is 880. The Hall–Kier alpha value is -2.53. The molecular weight excluding hydrogens is 376 g/mol. The van der Waals surface area contributed by atoms with Crippen LogP contribution in [0.2, 0.25) is 0 Å². The molecule has 2 atom stereocenters. The molecule has 2 aliphatic rings. The Balaban J connectivity index is 1.39. The summed E-state index contributed by atoms with van der Waals surface area (Å²) in [6.45, 7) is 0.657. The van der Waals surface area contributed by atoms with Crippen LogP contribution < -0.4 is 5.32 Å². The van der Waals surface area contributed by atoms with Crippen LogP contribution in [-0.4, -0.2) is 34.6 Å². The van der Waals surface area contributed by atoms with E-state index in [2.05, 4.69) is 5.32 Å². The molecule has 2 aliphatic carbocycles. The van der Waals surface area contributed by atoms with Crippen LogP contribution in [-0.2, 0) is 5.88 Å². The van der Waals surface area contributed by atoms with Crippen LogP contribution in [0.4, 0.5) is 10.5 Å². The summed E-state index contributed by atoms with van der Waals surface area (Å²) in [6.07, 6.45) is 2.33. The van der Waals surface area contributed by atoms with Crippen molar-refractivity contribution in [1.82, 2.24) is 4.90 Å². The second-order valence-corrected chi connectivity index (χ2v) is 7.92. The van der Waals surface area contributed by atoms with Gasteiger partial charge in [-0.05, 0) is 54.5 Å². The predicted molar refractivity (Wildman–Crippen MR) is 109 cm³/mol. The molecule has 0 aliphatic heterocycles. The van der Waals surface area contributed by atoms with E-state index in [1.165, 1.54) is 0 Å². The lowest BCUT2D eigenvalue weighted by molar-refractivity contribution is 0.102. The number of amides is 2. The molecule has 6 heteroatoms. The molecule has 146 valence electrons. The van der Waals surface area contributed by atoms with Crippen molar-refractivity contribution in [2.45, 2.75) is 37.1 Å². The van der Waals surface area contributed by atoms with Crippen molar-refractivity contribution >= 4 is 29.3 Å². The van der Waals surface area contributed by atoms with Crippen molar-refractivity contribution in [2.24, 2.45) is 5.92 Å². The molecule has 0 aromatic heterocycles. The average Bonchev–Trinajstić information content (AvgIpc) is 3.61. The van der Waals surface area contributed by atoms with Gasteiger partial charge in [0.2, 0.25) is 0 Å². The van der Waals surface area contributed by atoms with Gasteiger partial charge in [0.1, 0.15) is 0 Å². The number of nitrogens with zero attached hydrogens (tertiary/aromatic N) is 1. The minimum atomic E-state index is -0.818. The van der Waals surface area contributed by atoms with Crippen LogP contribution >= 0.6 is 11.6 Å². The summed E-state index contributed by atoms with van der Waals surface area (Å²) in [4.78, 5) is 25.7. The zero-order valence-corrected chi connectivity index (χ0v) is 16.2. The summed E-state index contributed by atoms with van der Waals surface area (Å²) in [6, 6.07) is 15.1. The van der Waals surface area contributed by atoms with Gasteiger partial charge in [0, 0.05) is 35.6 Å². The molecule has 2 fully saturated rings. The minimum absolute atomic E-state index is 0.0779. The Labute approximate surface area is 169 Å². The Morgan fingerprint density at radius 1 is 1.11 bits per heavy atom. The number of anilines is 1. The first-order chi connectivity index (χ1) is 13.6. The lowest BCUT2D eigenvalue weighted by Gasteiger charge is -2.19. The molecule has 0 bridgehead atoms. The minimum Gasteiger partial charge on any atom is -0.465 e. The Morgan fingerprint density at radius 2 is 1.82 bits per heavy atom. The van der Waals surface area contributed by atoms with E-state index in [1.807, 2.05) is 42.5 Å². The zero-order chi connectivity index (χ0) is 19.7. The third-order valence-corrected chi connectivity index (χ3v) is 5.85. The van der Waals surface area contributed by atoms with E-state index in [1.54, 1.807) is 11.0 Å². The number of hydrogen-bond donors (Lipinski definition) is 2. The third-order valence-electron chi connectivity index (χ3n) is 5.56. The van der Waals surface area contributed by atoms with Crippen molar-refractivity contribution in [3.05, 3.63) is 65.2 Å². The van der Waals surface area contributed by atoms with Gasteiger partial charge in [-0.15, -0.1) is 11.6 Å². The summed E-state index contributed by atoms with van der Waals surface area (Å²) >= 11 is 5.91. The second-order valence-electron chi connectivity index (χ2n) is 7.65. The van der Waals surface area contributed by atoms with Crippen LogP contribution in [0.1, 0.15) is 46.7 Å². The van der Waals surface area contributed by atoms with Crippen molar-refractivity contribution in [2.75, 3.05) is 11.9 Å². The molecule has 2 amide bonds. The molecule has 0 saturated heterocycles. The van der Waals surface area contributed by atoms with Gasteiger partial charge >= 0.3 is 6.09 Å². The van der Waals surface area contributed by atoms with E-state index in [9.17, 15) is 14.7 Å². The topological polar surface area (TPSA) is 69.6 Å². The van der Waals surface area contributed by atoms with Crippen molar-refractivity contribution < 1.29 is 14.7 Å². The number of halogens is 1. The van der Waals surface area contributed by atoms with E-state index in [-0.39, 0.29) is 23.7 Å². The Kier molecular flexibility index (Phi) is 5.27. The normalized spacial score (nSPS) is 20.5. The van der Waals surface area contributed by atoms with E-state index < -0.39 is 6.09 Å².